The molecule has 0 radical (unpaired) electrons. The SMILES string of the molecule is CCc1cnc(N(Nc2nccnc2Cl)C(=O)C2CCNCC2)nc1. The molecule has 1 aliphatic rings. The Labute approximate surface area is 151 Å². The second-order valence-corrected chi connectivity index (χ2v) is 6.11. The number of aromatic nitrogens is 4. The van der Waals surface area contributed by atoms with E-state index < -0.39 is 0 Å². The normalized spacial score (nSPS) is 15.0. The Morgan fingerprint density at radius 2 is 1.92 bits per heavy atom. The van der Waals surface area contributed by atoms with Gasteiger partial charge < -0.3 is 5.32 Å². The Morgan fingerprint density at radius 3 is 2.56 bits per heavy atom. The molecule has 3 heterocycles. The van der Waals surface area contributed by atoms with E-state index in [0.29, 0.717) is 0 Å². The first-order chi connectivity index (χ1) is 12.2. The highest BCUT2D eigenvalue weighted by Gasteiger charge is 2.29. The molecule has 25 heavy (non-hydrogen) atoms. The van der Waals surface area contributed by atoms with Crippen molar-refractivity contribution in [1.29, 1.82) is 0 Å². The monoisotopic (exact) mass is 361 g/mol. The Kier molecular flexibility index (Phi) is 5.72. The van der Waals surface area contributed by atoms with Gasteiger partial charge in [-0.2, -0.15) is 5.01 Å². The number of anilines is 2. The summed E-state index contributed by atoms with van der Waals surface area (Å²) in [7, 11) is 0. The molecule has 9 heteroatoms. The van der Waals surface area contributed by atoms with Gasteiger partial charge in [0.2, 0.25) is 0 Å². The fraction of sp³-hybridized carbons (Fsp3) is 0.438. The number of carbonyl (C=O) groups excluding carboxylic acids is 1. The van der Waals surface area contributed by atoms with Crippen molar-refractivity contribution in [2.45, 2.75) is 26.2 Å². The lowest BCUT2D eigenvalue weighted by Gasteiger charge is -2.28. The van der Waals surface area contributed by atoms with E-state index >= 15 is 0 Å². The molecule has 1 saturated heterocycles. The van der Waals surface area contributed by atoms with E-state index in [1.54, 1.807) is 12.4 Å². The number of aryl methyl sites for hydroxylation is 1. The molecule has 1 aliphatic heterocycles. The van der Waals surface area contributed by atoms with E-state index in [0.717, 1.165) is 37.9 Å². The third-order valence-electron chi connectivity index (χ3n) is 4.08. The van der Waals surface area contributed by atoms with Gasteiger partial charge in [-0.1, -0.05) is 18.5 Å². The zero-order chi connectivity index (χ0) is 17.6. The fourth-order valence-corrected chi connectivity index (χ4v) is 2.75. The van der Waals surface area contributed by atoms with Crippen molar-refractivity contribution in [3.63, 3.8) is 0 Å². The minimum atomic E-state index is -0.112. The molecule has 132 valence electrons. The molecule has 0 saturated carbocycles. The van der Waals surface area contributed by atoms with Crippen molar-refractivity contribution in [3.8, 4) is 0 Å². The minimum absolute atomic E-state index is 0.104. The van der Waals surface area contributed by atoms with Gasteiger partial charge in [-0.3, -0.25) is 10.2 Å². The molecule has 0 aliphatic carbocycles. The maximum Gasteiger partial charge on any atom is 0.251 e. The molecule has 8 nitrogen and oxygen atoms in total. The number of piperidine rings is 1. The van der Waals surface area contributed by atoms with Crippen LogP contribution in [0.3, 0.4) is 0 Å². The smallest absolute Gasteiger partial charge is 0.251 e. The molecule has 1 fully saturated rings. The van der Waals surface area contributed by atoms with Crippen LogP contribution < -0.4 is 15.8 Å². The number of nitrogens with one attached hydrogen (secondary N) is 2. The quantitative estimate of drug-likeness (QED) is 0.784. The molecule has 2 aromatic rings. The van der Waals surface area contributed by atoms with Crippen molar-refractivity contribution >= 4 is 29.3 Å². The topological polar surface area (TPSA) is 95.9 Å². The average molecular weight is 362 g/mol. The van der Waals surface area contributed by atoms with Crippen LogP contribution in [0.5, 0.6) is 0 Å². The fourth-order valence-electron chi connectivity index (χ4n) is 2.60. The predicted molar refractivity (Wildman–Crippen MR) is 95.2 cm³/mol. The summed E-state index contributed by atoms with van der Waals surface area (Å²) < 4.78 is 0. The van der Waals surface area contributed by atoms with Crippen molar-refractivity contribution in [3.05, 3.63) is 35.5 Å². The van der Waals surface area contributed by atoms with Crippen LogP contribution in [0.1, 0.15) is 25.3 Å². The maximum atomic E-state index is 13.0. The molecule has 2 aromatic heterocycles. The van der Waals surface area contributed by atoms with E-state index in [9.17, 15) is 4.79 Å². The number of hydrazine groups is 1. The van der Waals surface area contributed by atoms with Crippen LogP contribution >= 0.6 is 11.6 Å². The number of carbonyl (C=O) groups is 1. The van der Waals surface area contributed by atoms with Crippen LogP contribution in [0.25, 0.3) is 0 Å². The second kappa shape index (κ2) is 8.17. The zero-order valence-corrected chi connectivity index (χ0v) is 14.7. The number of amides is 1. The summed E-state index contributed by atoms with van der Waals surface area (Å²) in [4.78, 5) is 29.8. The molecule has 0 aromatic carbocycles. The standard InChI is InChI=1S/C16H20ClN7O/c1-2-11-9-21-16(22-10-11)24(15(25)12-3-5-18-6-4-12)23-14-13(17)19-7-8-20-14/h7-10,12,18H,2-6H2,1H3,(H,20,23). The first-order valence-corrected chi connectivity index (χ1v) is 8.65. The van der Waals surface area contributed by atoms with E-state index in [4.69, 9.17) is 11.6 Å². The van der Waals surface area contributed by atoms with Crippen LogP contribution in [-0.2, 0) is 11.2 Å². The van der Waals surface area contributed by atoms with Gasteiger partial charge >= 0.3 is 0 Å². The summed E-state index contributed by atoms with van der Waals surface area (Å²) in [5.41, 5.74) is 3.93. The Bertz CT molecular complexity index is 719. The van der Waals surface area contributed by atoms with E-state index in [-0.39, 0.29) is 28.7 Å². The number of hydrogen-bond donors (Lipinski definition) is 2. The Hall–Kier alpha value is -2.32. The predicted octanol–water partition coefficient (Wildman–Crippen LogP) is 1.84. The van der Waals surface area contributed by atoms with Crippen LogP contribution in [0, 0.1) is 5.92 Å². The summed E-state index contributed by atoms with van der Waals surface area (Å²) in [6, 6.07) is 0. The molecular formula is C16H20ClN7O. The third kappa shape index (κ3) is 4.21. The lowest BCUT2D eigenvalue weighted by Crippen LogP contribution is -2.45. The van der Waals surface area contributed by atoms with Gasteiger partial charge in [-0.25, -0.2) is 19.9 Å². The summed E-state index contributed by atoms with van der Waals surface area (Å²) in [6.07, 6.45) is 8.76. The Morgan fingerprint density at radius 1 is 1.24 bits per heavy atom. The van der Waals surface area contributed by atoms with Gasteiger partial charge in [0.1, 0.15) is 0 Å². The van der Waals surface area contributed by atoms with Crippen molar-refractivity contribution < 1.29 is 4.79 Å². The third-order valence-corrected chi connectivity index (χ3v) is 4.36. The van der Waals surface area contributed by atoms with Crippen molar-refractivity contribution in [2.24, 2.45) is 5.92 Å². The average Bonchev–Trinajstić information content (AvgIpc) is 2.68. The van der Waals surface area contributed by atoms with Gasteiger partial charge in [0, 0.05) is 30.7 Å². The van der Waals surface area contributed by atoms with Crippen LogP contribution in [0.4, 0.5) is 11.8 Å². The van der Waals surface area contributed by atoms with Gasteiger partial charge in [0.05, 0.1) is 0 Å². The van der Waals surface area contributed by atoms with Crippen LogP contribution in [0.2, 0.25) is 5.15 Å². The van der Waals surface area contributed by atoms with E-state index in [1.165, 1.54) is 17.4 Å². The highest BCUT2D eigenvalue weighted by atomic mass is 35.5. The summed E-state index contributed by atoms with van der Waals surface area (Å²) >= 11 is 6.07. The van der Waals surface area contributed by atoms with Gasteiger partial charge in [0.25, 0.3) is 11.9 Å². The number of rotatable bonds is 5. The van der Waals surface area contributed by atoms with E-state index in [2.05, 4.69) is 30.7 Å². The lowest BCUT2D eigenvalue weighted by molar-refractivity contribution is -0.122. The first-order valence-electron chi connectivity index (χ1n) is 8.27. The number of hydrogen-bond acceptors (Lipinski definition) is 7. The van der Waals surface area contributed by atoms with E-state index in [1.807, 2.05) is 6.92 Å². The van der Waals surface area contributed by atoms with Crippen LogP contribution in [-0.4, -0.2) is 38.9 Å². The molecule has 0 atom stereocenters. The number of nitrogens with zero attached hydrogens (tertiary/aromatic N) is 5. The van der Waals surface area contributed by atoms with Gasteiger partial charge in [-0.05, 0) is 37.9 Å². The molecule has 0 unspecified atom stereocenters. The molecular weight excluding hydrogens is 342 g/mol. The van der Waals surface area contributed by atoms with Crippen molar-refractivity contribution in [1.82, 2.24) is 25.3 Å². The summed E-state index contributed by atoms with van der Waals surface area (Å²) in [5, 5.41) is 4.76. The highest BCUT2D eigenvalue weighted by Crippen LogP contribution is 2.22. The van der Waals surface area contributed by atoms with Crippen molar-refractivity contribution in [2.75, 3.05) is 23.5 Å². The largest absolute Gasteiger partial charge is 0.317 e. The van der Waals surface area contributed by atoms with Crippen LogP contribution in [0.15, 0.2) is 24.8 Å². The maximum absolute atomic E-state index is 13.0. The zero-order valence-electron chi connectivity index (χ0n) is 13.9. The highest BCUT2D eigenvalue weighted by molar-refractivity contribution is 6.31. The molecule has 3 rings (SSSR count). The first kappa shape index (κ1) is 17.5. The molecule has 0 spiro atoms. The van der Waals surface area contributed by atoms with Gasteiger partial charge in [-0.15, -0.1) is 0 Å². The molecule has 1 amide bonds. The lowest BCUT2D eigenvalue weighted by atomic mass is 9.97. The summed E-state index contributed by atoms with van der Waals surface area (Å²) in [6.45, 7) is 3.64. The van der Waals surface area contributed by atoms with Gasteiger partial charge in [0.15, 0.2) is 11.0 Å². The Balaban J connectivity index is 1.89. The minimum Gasteiger partial charge on any atom is -0.317 e. The number of halogens is 1. The molecule has 2 N–H and O–H groups in total. The second-order valence-electron chi connectivity index (χ2n) is 5.75. The summed E-state index contributed by atoms with van der Waals surface area (Å²) in [5.74, 6) is 0.336. The molecule has 0 bridgehead atoms.